The molecule has 0 aliphatic heterocycles. The fourth-order valence-electron chi connectivity index (χ4n) is 2.00. The molecule has 3 aromatic rings. The van der Waals surface area contributed by atoms with Crippen molar-refractivity contribution in [2.75, 3.05) is 5.32 Å². The number of anilines is 1. The molecule has 2 aromatic heterocycles. The molecule has 2 heterocycles. The largest absolute Gasteiger partial charge is 0.306 e. The third-order valence-electron chi connectivity index (χ3n) is 3.07. The molecule has 0 fully saturated rings. The number of pyridine rings is 1. The molecule has 0 spiro atoms. The Labute approximate surface area is 144 Å². The number of carbonyl (C=O) groups excluding carboxylic acids is 1. The van der Waals surface area contributed by atoms with Crippen LogP contribution in [-0.2, 0) is 0 Å². The maximum atomic E-state index is 13.5. The normalized spacial score (nSPS) is 10.7. The lowest BCUT2D eigenvalue weighted by Gasteiger charge is -2.10. The van der Waals surface area contributed by atoms with Crippen molar-refractivity contribution in [3.8, 4) is 5.69 Å². The van der Waals surface area contributed by atoms with Gasteiger partial charge in [-0.2, -0.15) is 5.10 Å². The van der Waals surface area contributed by atoms with Gasteiger partial charge >= 0.3 is 0 Å². The van der Waals surface area contributed by atoms with Crippen LogP contribution >= 0.6 is 23.2 Å². The average Bonchev–Trinajstić information content (AvgIpc) is 2.99. The summed E-state index contributed by atoms with van der Waals surface area (Å²) in [5.74, 6) is -1.78. The molecule has 0 unspecified atom stereocenters. The first-order valence-electron chi connectivity index (χ1n) is 6.58. The molecule has 0 aliphatic rings. The molecule has 0 bridgehead atoms. The molecule has 122 valence electrons. The maximum absolute atomic E-state index is 13.5. The van der Waals surface area contributed by atoms with Crippen LogP contribution in [0.5, 0.6) is 0 Å². The van der Waals surface area contributed by atoms with E-state index in [-0.39, 0.29) is 16.5 Å². The minimum absolute atomic E-state index is 0.189. The van der Waals surface area contributed by atoms with E-state index in [2.05, 4.69) is 15.4 Å². The zero-order valence-corrected chi connectivity index (χ0v) is 13.3. The van der Waals surface area contributed by atoms with Crippen LogP contribution in [0.25, 0.3) is 5.69 Å². The quantitative estimate of drug-likeness (QED) is 0.707. The molecule has 0 saturated carbocycles. The Bertz CT molecular complexity index is 930. The van der Waals surface area contributed by atoms with Crippen molar-refractivity contribution in [2.24, 2.45) is 0 Å². The van der Waals surface area contributed by atoms with E-state index in [0.717, 1.165) is 6.07 Å². The van der Waals surface area contributed by atoms with Crippen molar-refractivity contribution in [1.82, 2.24) is 14.8 Å². The van der Waals surface area contributed by atoms with Crippen molar-refractivity contribution in [1.29, 1.82) is 0 Å². The maximum Gasteiger partial charge on any atom is 0.260 e. The van der Waals surface area contributed by atoms with Crippen LogP contribution in [0.3, 0.4) is 0 Å². The third kappa shape index (κ3) is 3.22. The minimum Gasteiger partial charge on any atom is -0.306 e. The van der Waals surface area contributed by atoms with Crippen molar-refractivity contribution < 1.29 is 13.6 Å². The number of nitrogens with zero attached hydrogens (tertiary/aromatic N) is 3. The zero-order valence-electron chi connectivity index (χ0n) is 11.8. The van der Waals surface area contributed by atoms with Gasteiger partial charge in [-0.1, -0.05) is 29.3 Å². The van der Waals surface area contributed by atoms with Crippen LogP contribution in [0, 0.1) is 11.6 Å². The smallest absolute Gasteiger partial charge is 0.260 e. The highest BCUT2D eigenvalue weighted by Crippen LogP contribution is 2.22. The van der Waals surface area contributed by atoms with Crippen LogP contribution in [0.15, 0.2) is 42.6 Å². The Kier molecular flexibility index (Phi) is 4.46. The van der Waals surface area contributed by atoms with Crippen LogP contribution in [0.2, 0.25) is 10.3 Å². The first kappa shape index (κ1) is 16.4. The summed E-state index contributed by atoms with van der Waals surface area (Å²) in [6.07, 6.45) is 1.42. The summed E-state index contributed by atoms with van der Waals surface area (Å²) in [5.41, 5.74) is 0.215. The highest BCUT2D eigenvalue weighted by molar-refractivity contribution is 6.35. The zero-order chi connectivity index (χ0) is 17.3. The average molecular weight is 369 g/mol. The van der Waals surface area contributed by atoms with Crippen molar-refractivity contribution >= 4 is 34.9 Å². The van der Waals surface area contributed by atoms with Gasteiger partial charge in [0.1, 0.15) is 16.8 Å². The second kappa shape index (κ2) is 6.54. The molecule has 24 heavy (non-hydrogen) atoms. The Hall–Kier alpha value is -2.51. The van der Waals surface area contributed by atoms with Crippen molar-refractivity contribution in [3.05, 3.63) is 70.1 Å². The minimum atomic E-state index is -0.871. The number of aromatic nitrogens is 3. The summed E-state index contributed by atoms with van der Waals surface area (Å²) in [6.45, 7) is 0. The first-order valence-corrected chi connectivity index (χ1v) is 7.34. The van der Waals surface area contributed by atoms with E-state index in [1.807, 2.05) is 0 Å². The number of nitrogens with one attached hydrogen (secondary N) is 1. The standard InChI is InChI=1S/C15H8Cl2F2N4O/c16-13-10(7-11(19)14(17)22-13)15(24)21-12-4-5-20-23(12)9-3-1-2-8(18)6-9/h1-7H,(H,21,24). The van der Waals surface area contributed by atoms with E-state index in [1.54, 1.807) is 6.07 Å². The number of carbonyl (C=O) groups is 1. The molecule has 1 aromatic carbocycles. The second-order valence-electron chi connectivity index (χ2n) is 4.66. The highest BCUT2D eigenvalue weighted by Gasteiger charge is 2.17. The lowest BCUT2D eigenvalue weighted by molar-refractivity contribution is 0.102. The molecule has 9 heteroatoms. The van der Waals surface area contributed by atoms with E-state index in [1.165, 1.54) is 35.1 Å². The van der Waals surface area contributed by atoms with Gasteiger partial charge in [0.15, 0.2) is 11.0 Å². The summed E-state index contributed by atoms with van der Waals surface area (Å²) in [5, 5.41) is 5.87. The lowest BCUT2D eigenvalue weighted by Crippen LogP contribution is -2.16. The van der Waals surface area contributed by atoms with Gasteiger partial charge in [-0.15, -0.1) is 0 Å². The van der Waals surface area contributed by atoms with Gasteiger partial charge in [0.25, 0.3) is 5.91 Å². The molecule has 1 amide bonds. The third-order valence-corrected chi connectivity index (χ3v) is 3.62. The van der Waals surface area contributed by atoms with Crippen LogP contribution in [0.1, 0.15) is 10.4 Å². The molecule has 5 nitrogen and oxygen atoms in total. The van der Waals surface area contributed by atoms with E-state index in [9.17, 15) is 13.6 Å². The summed E-state index contributed by atoms with van der Waals surface area (Å²) in [4.78, 5) is 15.8. The molecule has 0 radical (unpaired) electrons. The second-order valence-corrected chi connectivity index (χ2v) is 5.38. The fraction of sp³-hybridized carbons (Fsp3) is 0. The topological polar surface area (TPSA) is 59.8 Å². The number of hydrogen-bond acceptors (Lipinski definition) is 3. The SMILES string of the molecule is O=C(Nc1ccnn1-c1cccc(F)c1)c1cc(F)c(Cl)nc1Cl. The first-order chi connectivity index (χ1) is 11.5. The van der Waals surface area contributed by atoms with Crippen LogP contribution in [-0.4, -0.2) is 20.7 Å². The number of amides is 1. The molecule has 3 rings (SSSR count). The van der Waals surface area contributed by atoms with Crippen LogP contribution < -0.4 is 5.32 Å². The summed E-state index contributed by atoms with van der Waals surface area (Å²) < 4.78 is 28.2. The fourth-order valence-corrected chi connectivity index (χ4v) is 2.41. The highest BCUT2D eigenvalue weighted by atomic mass is 35.5. The number of halogens is 4. The van der Waals surface area contributed by atoms with Crippen molar-refractivity contribution in [3.63, 3.8) is 0 Å². The summed E-state index contributed by atoms with van der Waals surface area (Å²) in [6, 6.07) is 8.04. The van der Waals surface area contributed by atoms with Gasteiger partial charge in [0.05, 0.1) is 17.4 Å². The van der Waals surface area contributed by atoms with E-state index in [4.69, 9.17) is 23.2 Å². The van der Waals surface area contributed by atoms with Gasteiger partial charge in [-0.05, 0) is 24.3 Å². The van der Waals surface area contributed by atoms with Crippen molar-refractivity contribution in [2.45, 2.75) is 0 Å². The molecular weight excluding hydrogens is 361 g/mol. The van der Waals surface area contributed by atoms with E-state index in [0.29, 0.717) is 5.69 Å². The predicted octanol–water partition coefficient (Wildman–Crippen LogP) is 4.10. The van der Waals surface area contributed by atoms with Gasteiger partial charge in [0, 0.05) is 6.07 Å². The Morgan fingerprint density at radius 2 is 1.92 bits per heavy atom. The summed E-state index contributed by atoms with van der Waals surface area (Å²) >= 11 is 11.3. The van der Waals surface area contributed by atoms with E-state index < -0.39 is 22.7 Å². The Morgan fingerprint density at radius 3 is 2.67 bits per heavy atom. The molecular formula is C15H8Cl2F2N4O. The van der Waals surface area contributed by atoms with Crippen LogP contribution in [0.4, 0.5) is 14.6 Å². The van der Waals surface area contributed by atoms with Gasteiger partial charge in [-0.3, -0.25) is 4.79 Å². The number of benzene rings is 1. The number of hydrogen-bond donors (Lipinski definition) is 1. The molecule has 0 aliphatic carbocycles. The van der Waals surface area contributed by atoms with Gasteiger partial charge < -0.3 is 5.32 Å². The lowest BCUT2D eigenvalue weighted by atomic mass is 10.2. The molecule has 1 N–H and O–H groups in total. The predicted molar refractivity (Wildman–Crippen MR) is 85.7 cm³/mol. The van der Waals surface area contributed by atoms with Gasteiger partial charge in [0.2, 0.25) is 0 Å². The monoisotopic (exact) mass is 368 g/mol. The summed E-state index contributed by atoms with van der Waals surface area (Å²) in [7, 11) is 0. The van der Waals surface area contributed by atoms with E-state index >= 15 is 0 Å². The Morgan fingerprint density at radius 1 is 1.12 bits per heavy atom. The molecule has 0 atom stereocenters. The Balaban J connectivity index is 1.92. The molecule has 0 saturated heterocycles. The number of rotatable bonds is 3. The van der Waals surface area contributed by atoms with Gasteiger partial charge in [-0.25, -0.2) is 18.4 Å².